The van der Waals surface area contributed by atoms with Crippen LogP contribution in [0, 0.1) is 10.1 Å². The van der Waals surface area contributed by atoms with Crippen LogP contribution >= 0.6 is 11.8 Å². The van der Waals surface area contributed by atoms with Gasteiger partial charge in [0.25, 0.3) is 5.91 Å². The summed E-state index contributed by atoms with van der Waals surface area (Å²) in [5, 5.41) is 12.0. The molecule has 2 aromatic rings. The van der Waals surface area contributed by atoms with Gasteiger partial charge in [0.2, 0.25) is 0 Å². The fraction of sp³-hybridized carbons (Fsp3) is 0.158. The maximum absolute atomic E-state index is 12.2. The molecular weight excluding hydrogens is 366 g/mol. The Kier molecular flexibility index (Phi) is 5.56. The summed E-state index contributed by atoms with van der Waals surface area (Å²) in [5.41, 5.74) is 1.32. The van der Waals surface area contributed by atoms with Crippen LogP contribution in [0.2, 0.25) is 0 Å². The number of hydrogen-bond acceptors (Lipinski definition) is 6. The molecule has 0 N–H and O–H groups in total. The summed E-state index contributed by atoms with van der Waals surface area (Å²) in [6, 6.07) is 14.1. The third-order valence-electron chi connectivity index (χ3n) is 3.91. The number of carbonyl (C=O) groups excluding carboxylic acids is 1. The topological polar surface area (TPSA) is 85.0 Å². The highest BCUT2D eigenvalue weighted by Crippen LogP contribution is 2.34. The number of likely N-dealkylation sites (N-methyl/N-ethyl adjacent to an activating group) is 1. The molecule has 0 aliphatic carbocycles. The van der Waals surface area contributed by atoms with E-state index in [0.717, 1.165) is 5.56 Å². The molecule has 1 saturated heterocycles. The Morgan fingerprint density at radius 3 is 2.63 bits per heavy atom. The van der Waals surface area contributed by atoms with E-state index in [9.17, 15) is 14.9 Å². The number of nitrogens with zero attached hydrogens (tertiary/aromatic N) is 3. The molecule has 2 aromatic carbocycles. The van der Waals surface area contributed by atoms with Crippen molar-refractivity contribution in [1.29, 1.82) is 0 Å². The predicted octanol–water partition coefficient (Wildman–Crippen LogP) is 3.71. The molecule has 0 radical (unpaired) electrons. The number of nitro benzene ring substituents is 1. The molecule has 0 unspecified atom stereocenters. The van der Waals surface area contributed by atoms with Crippen molar-refractivity contribution >= 4 is 34.6 Å². The van der Waals surface area contributed by atoms with Gasteiger partial charge in [-0.2, -0.15) is 0 Å². The fourth-order valence-electron chi connectivity index (χ4n) is 2.53. The average molecular weight is 383 g/mol. The van der Waals surface area contributed by atoms with Gasteiger partial charge < -0.3 is 4.74 Å². The van der Waals surface area contributed by atoms with Crippen LogP contribution in [0.3, 0.4) is 0 Å². The molecule has 7 nitrogen and oxygen atoms in total. The van der Waals surface area contributed by atoms with Gasteiger partial charge in [0, 0.05) is 20.2 Å². The molecule has 0 bridgehead atoms. The molecule has 138 valence electrons. The van der Waals surface area contributed by atoms with Gasteiger partial charge in [0.15, 0.2) is 10.9 Å². The zero-order valence-electron chi connectivity index (χ0n) is 14.8. The summed E-state index contributed by atoms with van der Waals surface area (Å²) in [6.45, 7) is 0.234. The number of rotatable bonds is 5. The van der Waals surface area contributed by atoms with Crippen LogP contribution in [-0.4, -0.2) is 35.0 Å². The second kappa shape index (κ2) is 8.05. The van der Waals surface area contributed by atoms with Crippen molar-refractivity contribution < 1.29 is 14.5 Å². The number of ether oxygens (including phenoxy) is 1. The summed E-state index contributed by atoms with van der Waals surface area (Å²) in [4.78, 5) is 29.1. The van der Waals surface area contributed by atoms with Crippen molar-refractivity contribution in [3.05, 3.63) is 74.7 Å². The van der Waals surface area contributed by atoms with Gasteiger partial charge in [-0.25, -0.2) is 0 Å². The van der Waals surface area contributed by atoms with Gasteiger partial charge in [-0.05, 0) is 35.0 Å². The normalized spacial score (nSPS) is 17.0. The Morgan fingerprint density at radius 1 is 1.26 bits per heavy atom. The minimum atomic E-state index is -0.489. The van der Waals surface area contributed by atoms with Crippen molar-refractivity contribution in [2.75, 3.05) is 14.1 Å². The number of thioether (sulfide) groups is 1. The maximum Gasteiger partial charge on any atom is 0.311 e. The number of benzene rings is 2. The molecule has 1 heterocycles. The number of carbonyl (C=O) groups is 1. The lowest BCUT2D eigenvalue weighted by Gasteiger charge is -2.08. The molecule has 1 fully saturated rings. The SMILES string of the molecule is CN=C1S/C(=C/c2ccc(OCc3ccccc3)c([N+](=O)[O-])c2)C(=O)N1C. The first-order chi connectivity index (χ1) is 13.0. The van der Waals surface area contributed by atoms with E-state index in [4.69, 9.17) is 4.74 Å². The van der Waals surface area contributed by atoms with E-state index < -0.39 is 4.92 Å². The van der Waals surface area contributed by atoms with E-state index in [1.54, 1.807) is 32.3 Å². The zero-order valence-corrected chi connectivity index (χ0v) is 15.6. The minimum Gasteiger partial charge on any atom is -0.482 e. The lowest BCUT2D eigenvalue weighted by Crippen LogP contribution is -2.23. The largest absolute Gasteiger partial charge is 0.482 e. The Labute approximate surface area is 160 Å². The molecule has 1 amide bonds. The molecule has 1 aliphatic heterocycles. The predicted molar refractivity (Wildman–Crippen MR) is 106 cm³/mol. The third kappa shape index (κ3) is 4.17. The van der Waals surface area contributed by atoms with Crippen LogP contribution in [0.4, 0.5) is 5.69 Å². The minimum absolute atomic E-state index is 0.145. The summed E-state index contributed by atoms with van der Waals surface area (Å²) in [6.07, 6.45) is 1.62. The van der Waals surface area contributed by atoms with Crippen LogP contribution in [-0.2, 0) is 11.4 Å². The van der Waals surface area contributed by atoms with E-state index >= 15 is 0 Å². The molecule has 0 saturated carbocycles. The number of aliphatic imine (C=N–C) groups is 1. The van der Waals surface area contributed by atoms with Crippen molar-refractivity contribution in [2.24, 2.45) is 4.99 Å². The number of amidine groups is 1. The van der Waals surface area contributed by atoms with Gasteiger partial charge in [-0.3, -0.25) is 24.8 Å². The molecular formula is C19H17N3O4S. The van der Waals surface area contributed by atoms with Crippen LogP contribution < -0.4 is 4.74 Å². The number of hydrogen-bond donors (Lipinski definition) is 0. The van der Waals surface area contributed by atoms with Gasteiger partial charge >= 0.3 is 5.69 Å². The molecule has 0 aromatic heterocycles. The number of amides is 1. The Bertz CT molecular complexity index is 941. The average Bonchev–Trinajstić information content (AvgIpc) is 2.95. The molecule has 8 heteroatoms. The van der Waals surface area contributed by atoms with E-state index in [1.165, 1.54) is 22.7 Å². The van der Waals surface area contributed by atoms with Gasteiger partial charge in [0.1, 0.15) is 6.61 Å². The molecule has 3 rings (SSSR count). The Morgan fingerprint density at radius 2 is 2.00 bits per heavy atom. The summed E-state index contributed by atoms with van der Waals surface area (Å²) in [5.74, 6) is -0.00279. The fourth-order valence-corrected chi connectivity index (χ4v) is 3.45. The van der Waals surface area contributed by atoms with Crippen molar-refractivity contribution in [3.8, 4) is 5.75 Å². The van der Waals surface area contributed by atoms with Crippen LogP contribution in [0.25, 0.3) is 6.08 Å². The highest BCUT2D eigenvalue weighted by molar-refractivity contribution is 8.18. The van der Waals surface area contributed by atoms with Crippen molar-refractivity contribution in [3.63, 3.8) is 0 Å². The Balaban J connectivity index is 1.85. The Hall–Kier alpha value is -3.13. The van der Waals surface area contributed by atoms with Gasteiger partial charge in [0.05, 0.1) is 9.83 Å². The lowest BCUT2D eigenvalue weighted by molar-refractivity contribution is -0.386. The first-order valence-electron chi connectivity index (χ1n) is 8.09. The summed E-state index contributed by atoms with van der Waals surface area (Å²) >= 11 is 1.23. The second-order valence-corrected chi connectivity index (χ2v) is 6.75. The van der Waals surface area contributed by atoms with Crippen LogP contribution in [0.15, 0.2) is 58.4 Å². The lowest BCUT2D eigenvalue weighted by atomic mass is 10.1. The first-order valence-corrected chi connectivity index (χ1v) is 8.91. The standard InChI is InChI=1S/C19H17N3O4S/c1-20-19-21(2)18(23)17(27-19)11-14-8-9-16(15(10-14)22(24)25)26-12-13-6-4-3-5-7-13/h3-11H,12H2,1-2H3/b17-11+,20-19?. The summed E-state index contributed by atoms with van der Waals surface area (Å²) < 4.78 is 5.62. The highest BCUT2D eigenvalue weighted by Gasteiger charge is 2.30. The quantitative estimate of drug-likeness (QED) is 0.446. The van der Waals surface area contributed by atoms with Crippen LogP contribution in [0.5, 0.6) is 5.75 Å². The van der Waals surface area contributed by atoms with Crippen molar-refractivity contribution in [1.82, 2.24) is 4.90 Å². The molecule has 0 atom stereocenters. The zero-order chi connectivity index (χ0) is 19.4. The molecule has 27 heavy (non-hydrogen) atoms. The summed E-state index contributed by atoms with van der Waals surface area (Å²) in [7, 11) is 3.25. The van der Waals surface area contributed by atoms with E-state index in [1.807, 2.05) is 30.3 Å². The molecule has 1 aliphatic rings. The smallest absolute Gasteiger partial charge is 0.311 e. The van der Waals surface area contributed by atoms with Crippen molar-refractivity contribution in [2.45, 2.75) is 6.61 Å². The maximum atomic E-state index is 12.2. The van der Waals surface area contributed by atoms with E-state index in [0.29, 0.717) is 15.6 Å². The van der Waals surface area contributed by atoms with Gasteiger partial charge in [-0.15, -0.1) is 0 Å². The number of nitro groups is 1. The van der Waals surface area contributed by atoms with E-state index in [2.05, 4.69) is 4.99 Å². The monoisotopic (exact) mass is 383 g/mol. The third-order valence-corrected chi connectivity index (χ3v) is 5.06. The van der Waals surface area contributed by atoms with E-state index in [-0.39, 0.29) is 24.0 Å². The van der Waals surface area contributed by atoms with Gasteiger partial charge in [-0.1, -0.05) is 36.4 Å². The first kappa shape index (κ1) is 18.7. The second-order valence-electron chi connectivity index (χ2n) is 5.74. The highest BCUT2D eigenvalue weighted by atomic mass is 32.2. The van der Waals surface area contributed by atoms with Crippen LogP contribution in [0.1, 0.15) is 11.1 Å². The molecule has 0 spiro atoms.